The lowest BCUT2D eigenvalue weighted by molar-refractivity contribution is 0.0566. The predicted octanol–water partition coefficient (Wildman–Crippen LogP) is 2.04. The summed E-state index contributed by atoms with van der Waals surface area (Å²) in [6.45, 7) is 4.31. The minimum Gasteiger partial charge on any atom is -0.389 e. The molecular formula is C16H28N2O. The van der Waals surface area contributed by atoms with Crippen LogP contribution in [0.15, 0.2) is 30.3 Å². The molecule has 19 heavy (non-hydrogen) atoms. The van der Waals surface area contributed by atoms with Gasteiger partial charge in [0.15, 0.2) is 0 Å². The second kappa shape index (κ2) is 8.31. The molecule has 0 bridgehead atoms. The molecule has 1 aromatic carbocycles. The number of benzene rings is 1. The van der Waals surface area contributed by atoms with Crippen LogP contribution in [0.2, 0.25) is 0 Å². The van der Waals surface area contributed by atoms with Crippen molar-refractivity contribution in [3.05, 3.63) is 35.9 Å². The standard InChI is InChI=1S/C16H28N2O/c1-16(19,14-17)11-6-7-12-18(2)13-10-15-8-4-3-5-9-15/h3-5,8-9,19H,6-7,10-14,17H2,1-2H3. The number of nitrogens with zero attached hydrogens (tertiary/aromatic N) is 1. The third-order valence-corrected chi connectivity index (χ3v) is 3.57. The first kappa shape index (κ1) is 16.2. The van der Waals surface area contributed by atoms with Gasteiger partial charge in [-0.15, -0.1) is 0 Å². The van der Waals surface area contributed by atoms with Gasteiger partial charge in [-0.05, 0) is 51.8 Å². The molecule has 0 fully saturated rings. The Morgan fingerprint density at radius 1 is 1.16 bits per heavy atom. The lowest BCUT2D eigenvalue weighted by Gasteiger charge is -2.22. The van der Waals surface area contributed by atoms with Crippen LogP contribution < -0.4 is 5.73 Å². The third kappa shape index (κ3) is 7.31. The first-order valence-corrected chi connectivity index (χ1v) is 7.18. The lowest BCUT2D eigenvalue weighted by Crippen LogP contribution is -2.34. The van der Waals surface area contributed by atoms with Gasteiger partial charge in [0.05, 0.1) is 5.60 Å². The van der Waals surface area contributed by atoms with Gasteiger partial charge in [-0.3, -0.25) is 0 Å². The van der Waals surface area contributed by atoms with Gasteiger partial charge in [0.25, 0.3) is 0 Å². The van der Waals surface area contributed by atoms with Crippen LogP contribution >= 0.6 is 0 Å². The Balaban J connectivity index is 2.10. The number of aliphatic hydroxyl groups is 1. The van der Waals surface area contributed by atoms with Crippen LogP contribution in [0.5, 0.6) is 0 Å². The minimum atomic E-state index is -0.692. The SMILES string of the molecule is CN(CCCCC(C)(O)CN)CCc1ccccc1. The van der Waals surface area contributed by atoms with E-state index in [9.17, 15) is 5.11 Å². The molecule has 3 N–H and O–H groups in total. The van der Waals surface area contributed by atoms with Gasteiger partial charge in [-0.25, -0.2) is 0 Å². The molecule has 1 aromatic rings. The van der Waals surface area contributed by atoms with E-state index < -0.39 is 5.60 Å². The normalized spacial score (nSPS) is 14.6. The molecule has 0 aliphatic rings. The predicted molar refractivity (Wildman–Crippen MR) is 81.2 cm³/mol. The fourth-order valence-electron chi connectivity index (χ4n) is 2.07. The van der Waals surface area contributed by atoms with Crippen molar-refractivity contribution in [2.75, 3.05) is 26.7 Å². The second-order valence-electron chi connectivity index (χ2n) is 5.70. The number of hydrogen-bond acceptors (Lipinski definition) is 3. The maximum atomic E-state index is 9.80. The van der Waals surface area contributed by atoms with E-state index >= 15 is 0 Å². The quantitative estimate of drug-likeness (QED) is 0.671. The summed E-state index contributed by atoms with van der Waals surface area (Å²) in [5.41, 5.74) is 6.20. The molecule has 0 aromatic heterocycles. The molecule has 3 nitrogen and oxygen atoms in total. The highest BCUT2D eigenvalue weighted by Gasteiger charge is 2.16. The third-order valence-electron chi connectivity index (χ3n) is 3.57. The average molecular weight is 264 g/mol. The van der Waals surface area contributed by atoms with Crippen molar-refractivity contribution in [3.8, 4) is 0 Å². The Morgan fingerprint density at radius 3 is 2.47 bits per heavy atom. The van der Waals surface area contributed by atoms with Crippen molar-refractivity contribution in [1.82, 2.24) is 4.90 Å². The molecule has 1 rings (SSSR count). The van der Waals surface area contributed by atoms with E-state index in [0.717, 1.165) is 38.8 Å². The number of nitrogens with two attached hydrogens (primary N) is 1. The molecule has 0 amide bonds. The first-order chi connectivity index (χ1) is 9.03. The fourth-order valence-corrected chi connectivity index (χ4v) is 2.07. The van der Waals surface area contributed by atoms with Gasteiger partial charge in [-0.2, -0.15) is 0 Å². The van der Waals surface area contributed by atoms with E-state index in [1.807, 2.05) is 6.92 Å². The monoisotopic (exact) mass is 264 g/mol. The largest absolute Gasteiger partial charge is 0.389 e. The van der Waals surface area contributed by atoms with Crippen LogP contribution in [-0.4, -0.2) is 42.3 Å². The summed E-state index contributed by atoms with van der Waals surface area (Å²) >= 11 is 0. The van der Waals surface area contributed by atoms with Gasteiger partial charge in [0.2, 0.25) is 0 Å². The average Bonchev–Trinajstić information content (AvgIpc) is 2.42. The van der Waals surface area contributed by atoms with E-state index in [0.29, 0.717) is 6.54 Å². The molecule has 3 heteroatoms. The lowest BCUT2D eigenvalue weighted by atomic mass is 9.99. The molecule has 0 aliphatic heterocycles. The summed E-state index contributed by atoms with van der Waals surface area (Å²) < 4.78 is 0. The Bertz CT molecular complexity index is 338. The zero-order valence-corrected chi connectivity index (χ0v) is 12.3. The zero-order valence-electron chi connectivity index (χ0n) is 12.3. The summed E-state index contributed by atoms with van der Waals surface area (Å²) in [6, 6.07) is 10.6. The van der Waals surface area contributed by atoms with Gasteiger partial charge in [-0.1, -0.05) is 30.3 Å². The zero-order chi connectivity index (χ0) is 14.1. The Hall–Kier alpha value is -0.900. The fraction of sp³-hybridized carbons (Fsp3) is 0.625. The van der Waals surface area contributed by atoms with E-state index in [-0.39, 0.29) is 0 Å². The summed E-state index contributed by atoms with van der Waals surface area (Å²) in [5.74, 6) is 0. The van der Waals surface area contributed by atoms with Crippen molar-refractivity contribution in [2.24, 2.45) is 5.73 Å². The summed E-state index contributed by atoms with van der Waals surface area (Å²) in [5, 5.41) is 9.80. The van der Waals surface area contributed by atoms with Crippen molar-refractivity contribution >= 4 is 0 Å². The molecule has 1 atom stereocenters. The van der Waals surface area contributed by atoms with E-state index in [1.165, 1.54) is 5.56 Å². The summed E-state index contributed by atoms with van der Waals surface area (Å²) in [4.78, 5) is 2.35. The highest BCUT2D eigenvalue weighted by Crippen LogP contribution is 2.12. The Labute approximate surface area is 117 Å². The van der Waals surface area contributed by atoms with E-state index in [2.05, 4.69) is 42.3 Å². The minimum absolute atomic E-state index is 0.344. The molecule has 108 valence electrons. The molecule has 0 spiro atoms. The highest BCUT2D eigenvalue weighted by atomic mass is 16.3. The van der Waals surface area contributed by atoms with Crippen molar-refractivity contribution in [1.29, 1.82) is 0 Å². The Morgan fingerprint density at radius 2 is 1.84 bits per heavy atom. The van der Waals surface area contributed by atoms with E-state index in [4.69, 9.17) is 5.73 Å². The Kier molecular flexibility index (Phi) is 7.06. The molecule has 0 heterocycles. The molecule has 0 saturated carbocycles. The maximum Gasteiger partial charge on any atom is 0.0741 e. The van der Waals surface area contributed by atoms with Crippen molar-refractivity contribution < 1.29 is 5.11 Å². The second-order valence-corrected chi connectivity index (χ2v) is 5.70. The number of rotatable bonds is 9. The number of unbranched alkanes of at least 4 members (excludes halogenated alkanes) is 1. The van der Waals surface area contributed by atoms with Crippen molar-refractivity contribution in [2.45, 2.75) is 38.2 Å². The van der Waals surface area contributed by atoms with Gasteiger partial charge < -0.3 is 15.7 Å². The van der Waals surface area contributed by atoms with Crippen molar-refractivity contribution in [3.63, 3.8) is 0 Å². The van der Waals surface area contributed by atoms with Gasteiger partial charge >= 0.3 is 0 Å². The van der Waals surface area contributed by atoms with E-state index in [1.54, 1.807) is 0 Å². The van der Waals surface area contributed by atoms with Crippen LogP contribution in [0, 0.1) is 0 Å². The summed E-state index contributed by atoms with van der Waals surface area (Å²) in [7, 11) is 2.16. The highest BCUT2D eigenvalue weighted by molar-refractivity contribution is 5.14. The molecule has 0 aliphatic carbocycles. The van der Waals surface area contributed by atoms with Crippen LogP contribution in [0.4, 0.5) is 0 Å². The molecular weight excluding hydrogens is 236 g/mol. The van der Waals surface area contributed by atoms with Crippen LogP contribution in [0.25, 0.3) is 0 Å². The molecule has 0 radical (unpaired) electrons. The van der Waals surface area contributed by atoms with Gasteiger partial charge in [0.1, 0.15) is 0 Å². The molecule has 1 unspecified atom stereocenters. The van der Waals surface area contributed by atoms with Gasteiger partial charge in [0, 0.05) is 13.1 Å². The van der Waals surface area contributed by atoms with Crippen LogP contribution in [0.1, 0.15) is 31.7 Å². The number of likely N-dealkylation sites (N-methyl/N-ethyl adjacent to an activating group) is 1. The number of hydrogen-bond donors (Lipinski definition) is 2. The van der Waals surface area contributed by atoms with Crippen LogP contribution in [0.3, 0.4) is 0 Å². The topological polar surface area (TPSA) is 49.5 Å². The smallest absolute Gasteiger partial charge is 0.0741 e. The first-order valence-electron chi connectivity index (χ1n) is 7.18. The summed E-state index contributed by atoms with van der Waals surface area (Å²) in [6.07, 6.45) is 4.02. The molecule has 0 saturated heterocycles. The maximum absolute atomic E-state index is 9.80. The van der Waals surface area contributed by atoms with Crippen LogP contribution in [-0.2, 0) is 6.42 Å².